The van der Waals surface area contributed by atoms with E-state index in [9.17, 15) is 17.8 Å². The fraction of sp³-hybridized carbons (Fsp3) is 0.471. The van der Waals surface area contributed by atoms with Crippen LogP contribution in [0.1, 0.15) is 42.7 Å². The summed E-state index contributed by atoms with van der Waals surface area (Å²) in [5.41, 5.74) is 3.56. The van der Waals surface area contributed by atoms with Crippen LogP contribution < -0.4 is 33.7 Å². The van der Waals surface area contributed by atoms with Crippen molar-refractivity contribution in [1.29, 1.82) is 0 Å². The van der Waals surface area contributed by atoms with E-state index in [1.165, 1.54) is 11.1 Å². The van der Waals surface area contributed by atoms with Gasteiger partial charge in [0.05, 0.1) is 0 Å². The summed E-state index contributed by atoms with van der Waals surface area (Å²) in [7, 11) is -4.75. The molecular formula is C17H17NaO5S. The van der Waals surface area contributed by atoms with Crippen molar-refractivity contribution >= 4 is 16.2 Å². The molecule has 0 spiro atoms. The van der Waals surface area contributed by atoms with Crippen LogP contribution in [0.3, 0.4) is 0 Å². The first-order valence-electron chi connectivity index (χ1n) is 7.93. The Labute approximate surface area is 163 Å². The summed E-state index contributed by atoms with van der Waals surface area (Å²) < 4.78 is 36.6. The second-order valence-electron chi connectivity index (χ2n) is 6.61. The van der Waals surface area contributed by atoms with Crippen molar-refractivity contribution in [2.45, 2.75) is 38.0 Å². The van der Waals surface area contributed by atoms with E-state index in [0.717, 1.165) is 24.8 Å². The Kier molecular flexibility index (Phi) is 4.97. The average molecular weight is 356 g/mol. The van der Waals surface area contributed by atoms with Gasteiger partial charge in [-0.2, -0.15) is 0 Å². The summed E-state index contributed by atoms with van der Waals surface area (Å²) in [6, 6.07) is 5.05. The van der Waals surface area contributed by atoms with E-state index in [1.807, 2.05) is 6.07 Å². The van der Waals surface area contributed by atoms with Gasteiger partial charge in [-0.3, -0.25) is 4.79 Å². The van der Waals surface area contributed by atoms with Gasteiger partial charge in [0.15, 0.2) is 0 Å². The molecule has 0 N–H and O–H groups in total. The number of Topliss-reactive ketones (excluding diaryl/α,β-unsaturated/α-hetero) is 1. The summed E-state index contributed by atoms with van der Waals surface area (Å²) in [6.45, 7) is 0. The molecule has 3 atom stereocenters. The average Bonchev–Trinajstić information content (AvgIpc) is 2.86. The number of allylic oxidation sites excluding steroid dienone is 2. The van der Waals surface area contributed by atoms with Gasteiger partial charge < -0.3 is 8.74 Å². The van der Waals surface area contributed by atoms with Gasteiger partial charge in [-0.1, -0.05) is 17.7 Å². The molecule has 7 heteroatoms. The topological polar surface area (TPSA) is 83.5 Å². The van der Waals surface area contributed by atoms with Crippen molar-refractivity contribution in [3.8, 4) is 5.75 Å². The first kappa shape index (κ1) is 18.1. The van der Waals surface area contributed by atoms with E-state index < -0.39 is 10.4 Å². The molecule has 0 heterocycles. The number of fused-ring (bicyclic) bond motifs is 5. The first-order valence-corrected chi connectivity index (χ1v) is 9.26. The zero-order valence-electron chi connectivity index (χ0n) is 13.5. The number of carbonyl (C=O) groups is 1. The summed E-state index contributed by atoms with van der Waals surface area (Å²) in [4.78, 5) is 12.0. The molecule has 2 fully saturated rings. The van der Waals surface area contributed by atoms with Gasteiger partial charge in [0.25, 0.3) is 10.4 Å². The molecule has 0 saturated heterocycles. The minimum absolute atomic E-state index is 0. The van der Waals surface area contributed by atoms with E-state index >= 15 is 0 Å². The van der Waals surface area contributed by atoms with Crippen molar-refractivity contribution in [3.63, 3.8) is 0 Å². The molecular weight excluding hydrogens is 339 g/mol. The van der Waals surface area contributed by atoms with Gasteiger partial charge in [0, 0.05) is 18.3 Å². The Morgan fingerprint density at radius 3 is 2.67 bits per heavy atom. The third-order valence-electron chi connectivity index (χ3n) is 5.44. The number of rotatable bonds is 2. The third-order valence-corrected chi connectivity index (χ3v) is 5.84. The third kappa shape index (κ3) is 3.22. The van der Waals surface area contributed by atoms with E-state index in [0.29, 0.717) is 30.5 Å². The predicted molar refractivity (Wildman–Crippen MR) is 81.8 cm³/mol. The van der Waals surface area contributed by atoms with Crippen LogP contribution in [0.15, 0.2) is 29.8 Å². The standard InChI is InChI=1S/C17H18O5S.Na/c18-17-8-7-15-14-3-1-10-9-11(22-23(19,20)21)2-4-12(10)13(14)5-6-16(15)17;/h2-4,9,13,15-16H,1,5-8H2,(H,19,20,21);/q;+1/p-1. The second-order valence-corrected chi connectivity index (χ2v) is 7.59. The van der Waals surface area contributed by atoms with Crippen molar-refractivity contribution in [2.24, 2.45) is 11.8 Å². The molecule has 3 aliphatic carbocycles. The summed E-state index contributed by atoms with van der Waals surface area (Å²) >= 11 is 0. The van der Waals surface area contributed by atoms with Crippen LogP contribution in [-0.4, -0.2) is 18.8 Å². The van der Waals surface area contributed by atoms with Crippen LogP contribution in [0.25, 0.3) is 0 Å². The minimum atomic E-state index is -4.75. The monoisotopic (exact) mass is 356 g/mol. The van der Waals surface area contributed by atoms with Gasteiger partial charge in [-0.25, -0.2) is 8.42 Å². The Bertz CT molecular complexity index is 814. The smallest absolute Gasteiger partial charge is 0.716 e. The molecule has 0 bridgehead atoms. The molecule has 122 valence electrons. The van der Waals surface area contributed by atoms with Gasteiger partial charge in [0.1, 0.15) is 11.5 Å². The molecule has 0 amide bonds. The molecule has 3 unspecified atom stereocenters. The van der Waals surface area contributed by atoms with E-state index in [4.69, 9.17) is 0 Å². The number of carbonyl (C=O) groups excluding carboxylic acids is 1. The SMILES string of the molecule is O=C1CCC2C3=CCc4cc(OS(=O)(=O)[O-])ccc4C3CCC12.[Na+]. The van der Waals surface area contributed by atoms with Crippen molar-refractivity contribution in [3.05, 3.63) is 41.0 Å². The number of benzene rings is 1. The van der Waals surface area contributed by atoms with Gasteiger partial charge >= 0.3 is 29.6 Å². The number of hydrogen-bond donors (Lipinski definition) is 0. The maximum absolute atomic E-state index is 12.0. The van der Waals surface area contributed by atoms with Gasteiger partial charge in [0.2, 0.25) is 0 Å². The van der Waals surface area contributed by atoms with Crippen molar-refractivity contribution in [1.82, 2.24) is 0 Å². The number of ketones is 1. The van der Waals surface area contributed by atoms with Crippen LogP contribution in [0.2, 0.25) is 0 Å². The van der Waals surface area contributed by atoms with Crippen molar-refractivity contribution in [2.75, 3.05) is 0 Å². The summed E-state index contributed by atoms with van der Waals surface area (Å²) in [5, 5.41) is 0. The van der Waals surface area contributed by atoms with Crippen LogP contribution >= 0.6 is 0 Å². The molecule has 0 radical (unpaired) electrons. The summed E-state index contributed by atoms with van der Waals surface area (Å²) in [5.74, 6) is 1.37. The molecule has 1 aromatic carbocycles. The minimum Gasteiger partial charge on any atom is -0.716 e. The van der Waals surface area contributed by atoms with E-state index in [2.05, 4.69) is 10.3 Å². The zero-order chi connectivity index (χ0) is 16.2. The fourth-order valence-electron chi connectivity index (χ4n) is 4.57. The molecule has 4 rings (SSSR count). The maximum Gasteiger partial charge on any atom is 1.00 e. The van der Waals surface area contributed by atoms with Crippen LogP contribution in [0.5, 0.6) is 5.75 Å². The zero-order valence-corrected chi connectivity index (χ0v) is 16.3. The second kappa shape index (κ2) is 6.57. The molecule has 1 aromatic rings. The quantitative estimate of drug-likeness (QED) is 0.308. The van der Waals surface area contributed by atoms with Crippen LogP contribution in [-0.2, 0) is 21.6 Å². The molecule has 0 aliphatic heterocycles. The van der Waals surface area contributed by atoms with Crippen molar-refractivity contribution < 1.29 is 51.5 Å². The van der Waals surface area contributed by atoms with Gasteiger partial charge in [-0.05, 0) is 54.9 Å². The molecule has 0 aromatic heterocycles. The van der Waals surface area contributed by atoms with Gasteiger partial charge in [-0.15, -0.1) is 0 Å². The normalized spacial score (nSPS) is 28.1. The number of hydrogen-bond acceptors (Lipinski definition) is 5. The summed E-state index contributed by atoms with van der Waals surface area (Å²) in [6.07, 6.45) is 6.41. The fourth-order valence-corrected chi connectivity index (χ4v) is 4.91. The van der Waals surface area contributed by atoms with Crippen LogP contribution in [0, 0.1) is 11.8 Å². The van der Waals surface area contributed by atoms with Crippen LogP contribution in [0.4, 0.5) is 0 Å². The Morgan fingerprint density at radius 2 is 1.92 bits per heavy atom. The Balaban J connectivity index is 0.00000169. The Hall–Kier alpha value is -0.660. The maximum atomic E-state index is 12.0. The molecule has 3 aliphatic rings. The largest absolute Gasteiger partial charge is 1.00 e. The Morgan fingerprint density at radius 1 is 1.12 bits per heavy atom. The van der Waals surface area contributed by atoms with E-state index in [1.54, 1.807) is 12.1 Å². The molecule has 2 saturated carbocycles. The molecule has 5 nitrogen and oxygen atoms in total. The predicted octanol–water partition coefficient (Wildman–Crippen LogP) is -0.515. The van der Waals surface area contributed by atoms with E-state index in [-0.39, 0.29) is 41.2 Å². The first-order chi connectivity index (χ1) is 10.9. The molecule has 24 heavy (non-hydrogen) atoms.